The number of amides is 2. The van der Waals surface area contributed by atoms with E-state index in [2.05, 4.69) is 5.32 Å². The maximum Gasteiger partial charge on any atom is 0.229 e. The highest BCUT2D eigenvalue weighted by Crippen LogP contribution is 2.29. The van der Waals surface area contributed by atoms with Gasteiger partial charge in [-0.3, -0.25) is 9.59 Å². The van der Waals surface area contributed by atoms with E-state index >= 15 is 0 Å². The van der Waals surface area contributed by atoms with Gasteiger partial charge < -0.3 is 10.2 Å². The third-order valence-corrected chi connectivity index (χ3v) is 4.50. The number of nitrogens with zero attached hydrogens (tertiary/aromatic N) is 1. The van der Waals surface area contributed by atoms with Crippen LogP contribution in [0.4, 0.5) is 20.2 Å². The van der Waals surface area contributed by atoms with Crippen molar-refractivity contribution in [2.45, 2.75) is 13.3 Å². The van der Waals surface area contributed by atoms with E-state index in [0.717, 1.165) is 23.8 Å². The van der Waals surface area contributed by atoms with Crippen LogP contribution in [-0.4, -0.2) is 18.4 Å². The van der Waals surface area contributed by atoms with E-state index in [4.69, 9.17) is 11.6 Å². The molecule has 2 aromatic carbocycles. The molecule has 3 rings (SSSR count). The van der Waals surface area contributed by atoms with Crippen LogP contribution in [0.5, 0.6) is 0 Å². The Kier molecular flexibility index (Phi) is 4.72. The zero-order valence-electron chi connectivity index (χ0n) is 13.4. The molecular weight excluding hydrogens is 350 g/mol. The average Bonchev–Trinajstić information content (AvgIpc) is 2.91. The summed E-state index contributed by atoms with van der Waals surface area (Å²) in [6, 6.07) is 8.01. The van der Waals surface area contributed by atoms with Crippen molar-refractivity contribution < 1.29 is 18.4 Å². The predicted molar refractivity (Wildman–Crippen MR) is 91.6 cm³/mol. The summed E-state index contributed by atoms with van der Waals surface area (Å²) in [5, 5.41) is 2.99. The molecule has 4 nitrogen and oxygen atoms in total. The lowest BCUT2D eigenvalue weighted by Gasteiger charge is -2.17. The van der Waals surface area contributed by atoms with Gasteiger partial charge in [-0.15, -0.1) is 0 Å². The number of hydrogen-bond donors (Lipinski definition) is 1. The zero-order valence-corrected chi connectivity index (χ0v) is 14.1. The van der Waals surface area contributed by atoms with Gasteiger partial charge in [0.25, 0.3) is 0 Å². The number of rotatable bonds is 3. The summed E-state index contributed by atoms with van der Waals surface area (Å²) < 4.78 is 26.4. The molecule has 0 spiro atoms. The van der Waals surface area contributed by atoms with Crippen molar-refractivity contribution in [3.63, 3.8) is 0 Å². The van der Waals surface area contributed by atoms with Crippen molar-refractivity contribution in [2.75, 3.05) is 16.8 Å². The molecule has 0 aliphatic carbocycles. The molecule has 0 saturated carbocycles. The molecule has 1 heterocycles. The van der Waals surface area contributed by atoms with Crippen molar-refractivity contribution >= 4 is 34.8 Å². The molecule has 130 valence electrons. The molecule has 7 heteroatoms. The Morgan fingerprint density at radius 2 is 1.88 bits per heavy atom. The number of halogens is 3. The van der Waals surface area contributed by atoms with Crippen LogP contribution < -0.4 is 10.2 Å². The zero-order chi connectivity index (χ0) is 18.1. The molecule has 1 unspecified atom stereocenters. The van der Waals surface area contributed by atoms with Gasteiger partial charge in [-0.25, -0.2) is 8.78 Å². The highest BCUT2D eigenvalue weighted by Gasteiger charge is 2.35. The van der Waals surface area contributed by atoms with Crippen LogP contribution in [0.1, 0.15) is 12.0 Å². The highest BCUT2D eigenvalue weighted by molar-refractivity contribution is 6.31. The summed E-state index contributed by atoms with van der Waals surface area (Å²) in [5.41, 5.74) is 1.53. The van der Waals surface area contributed by atoms with Crippen molar-refractivity contribution in [2.24, 2.45) is 5.92 Å². The number of anilines is 2. The van der Waals surface area contributed by atoms with E-state index in [1.807, 2.05) is 6.92 Å². The lowest BCUT2D eigenvalue weighted by atomic mass is 10.1. The van der Waals surface area contributed by atoms with E-state index in [9.17, 15) is 18.4 Å². The van der Waals surface area contributed by atoms with Gasteiger partial charge >= 0.3 is 0 Å². The summed E-state index contributed by atoms with van der Waals surface area (Å²) in [6.07, 6.45) is 0.0229. The van der Waals surface area contributed by atoms with Gasteiger partial charge in [0.2, 0.25) is 11.8 Å². The Bertz CT molecular complexity index is 837. The van der Waals surface area contributed by atoms with Gasteiger partial charge in [0, 0.05) is 35.4 Å². The SMILES string of the molecule is Cc1ccc(N2CC(C(=O)Nc3cc(F)cc(F)c3)CC2=O)cc1Cl. The van der Waals surface area contributed by atoms with Gasteiger partial charge in [-0.1, -0.05) is 17.7 Å². The molecule has 25 heavy (non-hydrogen) atoms. The summed E-state index contributed by atoms with van der Waals surface area (Å²) in [5.74, 6) is -2.84. The first-order valence-corrected chi connectivity index (χ1v) is 8.05. The number of benzene rings is 2. The van der Waals surface area contributed by atoms with E-state index < -0.39 is 23.5 Å². The lowest BCUT2D eigenvalue weighted by Crippen LogP contribution is -2.28. The van der Waals surface area contributed by atoms with Crippen LogP contribution >= 0.6 is 11.6 Å². The molecule has 0 bridgehead atoms. The number of hydrogen-bond acceptors (Lipinski definition) is 2. The molecule has 1 N–H and O–H groups in total. The number of nitrogens with one attached hydrogen (secondary N) is 1. The van der Waals surface area contributed by atoms with Gasteiger partial charge in [0.1, 0.15) is 11.6 Å². The standard InChI is InChI=1S/C18H15ClF2N2O2/c1-10-2-3-15(8-16(10)19)23-9-11(4-17(23)24)18(25)22-14-6-12(20)5-13(21)7-14/h2-3,5-8,11H,4,9H2,1H3,(H,22,25). The van der Waals surface area contributed by atoms with Crippen molar-refractivity contribution in [1.29, 1.82) is 0 Å². The second kappa shape index (κ2) is 6.80. The first kappa shape index (κ1) is 17.4. The topological polar surface area (TPSA) is 49.4 Å². The monoisotopic (exact) mass is 364 g/mol. The van der Waals surface area contributed by atoms with E-state index in [-0.39, 0.29) is 24.6 Å². The van der Waals surface area contributed by atoms with E-state index in [1.165, 1.54) is 4.90 Å². The lowest BCUT2D eigenvalue weighted by molar-refractivity contribution is -0.122. The minimum absolute atomic E-state index is 0.0202. The second-order valence-corrected chi connectivity index (χ2v) is 6.39. The largest absolute Gasteiger partial charge is 0.326 e. The summed E-state index contributed by atoms with van der Waals surface area (Å²) in [7, 11) is 0. The third-order valence-electron chi connectivity index (χ3n) is 4.09. The van der Waals surface area contributed by atoms with Crippen molar-refractivity contribution in [3.05, 3.63) is 58.6 Å². The molecule has 2 aromatic rings. The van der Waals surface area contributed by atoms with Gasteiger partial charge in [0.15, 0.2) is 0 Å². The maximum atomic E-state index is 13.2. The Morgan fingerprint density at radius 1 is 1.20 bits per heavy atom. The minimum atomic E-state index is -0.784. The van der Waals surface area contributed by atoms with E-state index in [0.29, 0.717) is 10.7 Å². The average molecular weight is 365 g/mol. The maximum absolute atomic E-state index is 13.2. The number of carbonyl (C=O) groups is 2. The molecule has 1 saturated heterocycles. The summed E-state index contributed by atoms with van der Waals surface area (Å²) in [6.45, 7) is 2.04. The van der Waals surface area contributed by atoms with Gasteiger partial charge in [-0.2, -0.15) is 0 Å². The van der Waals surface area contributed by atoms with Crippen molar-refractivity contribution in [1.82, 2.24) is 0 Å². The second-order valence-electron chi connectivity index (χ2n) is 5.99. The number of carbonyl (C=O) groups excluding carboxylic acids is 2. The predicted octanol–water partition coefficient (Wildman–Crippen LogP) is 3.92. The van der Waals surface area contributed by atoms with Crippen LogP contribution in [0, 0.1) is 24.5 Å². The molecule has 1 aliphatic rings. The van der Waals surface area contributed by atoms with Gasteiger partial charge in [-0.05, 0) is 36.8 Å². The molecule has 1 fully saturated rings. The first-order chi connectivity index (χ1) is 11.8. The minimum Gasteiger partial charge on any atom is -0.326 e. The van der Waals surface area contributed by atoms with Crippen LogP contribution in [0.15, 0.2) is 36.4 Å². The fraction of sp³-hybridized carbons (Fsp3) is 0.222. The van der Waals surface area contributed by atoms with Crippen LogP contribution in [-0.2, 0) is 9.59 Å². The molecule has 1 aliphatic heterocycles. The smallest absolute Gasteiger partial charge is 0.229 e. The van der Waals surface area contributed by atoms with Crippen molar-refractivity contribution in [3.8, 4) is 0 Å². The summed E-state index contributed by atoms with van der Waals surface area (Å²) >= 11 is 6.09. The molecule has 0 aromatic heterocycles. The van der Waals surface area contributed by atoms with Crippen LogP contribution in [0.3, 0.4) is 0 Å². The highest BCUT2D eigenvalue weighted by atomic mass is 35.5. The molecule has 2 amide bonds. The number of aryl methyl sites for hydroxylation is 1. The Balaban J connectivity index is 1.73. The van der Waals surface area contributed by atoms with E-state index in [1.54, 1.807) is 18.2 Å². The Labute approximate surface area is 148 Å². The Hall–Kier alpha value is -2.47. The normalized spacial score (nSPS) is 17.0. The molecular formula is C18H15ClF2N2O2. The van der Waals surface area contributed by atoms with Crippen LogP contribution in [0.2, 0.25) is 5.02 Å². The first-order valence-electron chi connectivity index (χ1n) is 7.67. The summed E-state index contributed by atoms with van der Waals surface area (Å²) in [4.78, 5) is 26.0. The third kappa shape index (κ3) is 3.79. The van der Waals surface area contributed by atoms with Gasteiger partial charge in [0.05, 0.1) is 5.92 Å². The van der Waals surface area contributed by atoms with Crippen LogP contribution in [0.25, 0.3) is 0 Å². The fourth-order valence-electron chi connectivity index (χ4n) is 2.75. The molecule has 1 atom stereocenters. The Morgan fingerprint density at radius 3 is 2.52 bits per heavy atom. The fourth-order valence-corrected chi connectivity index (χ4v) is 2.93. The quantitative estimate of drug-likeness (QED) is 0.897. The molecule has 0 radical (unpaired) electrons.